The molecule has 0 saturated carbocycles. The summed E-state index contributed by atoms with van der Waals surface area (Å²) >= 11 is 1.91. The van der Waals surface area contributed by atoms with Crippen molar-refractivity contribution in [3.63, 3.8) is 0 Å². The molecule has 0 fully saturated rings. The summed E-state index contributed by atoms with van der Waals surface area (Å²) in [5, 5.41) is 4.68. The van der Waals surface area contributed by atoms with Crippen molar-refractivity contribution in [2.24, 2.45) is 5.84 Å². The van der Waals surface area contributed by atoms with Crippen LogP contribution in [0.4, 0.5) is 0 Å². The molecule has 114 valence electrons. The summed E-state index contributed by atoms with van der Waals surface area (Å²) in [5.41, 5.74) is 5.60. The SMILES string of the molecule is CCC(C)n1ccc(CC(NN)c2cc3c(s2)CCC3)n1. The fraction of sp³-hybridized carbons (Fsp3) is 0.562. The van der Waals surface area contributed by atoms with E-state index in [2.05, 4.69) is 47.4 Å². The highest BCUT2D eigenvalue weighted by Gasteiger charge is 2.20. The second kappa shape index (κ2) is 6.30. The van der Waals surface area contributed by atoms with Crippen LogP contribution < -0.4 is 11.3 Å². The number of nitrogens with zero attached hydrogens (tertiary/aromatic N) is 2. The van der Waals surface area contributed by atoms with Crippen molar-refractivity contribution in [3.8, 4) is 0 Å². The van der Waals surface area contributed by atoms with Crippen molar-refractivity contribution >= 4 is 11.3 Å². The molecule has 2 heterocycles. The van der Waals surface area contributed by atoms with E-state index in [-0.39, 0.29) is 6.04 Å². The lowest BCUT2D eigenvalue weighted by molar-refractivity contribution is 0.467. The van der Waals surface area contributed by atoms with Gasteiger partial charge < -0.3 is 0 Å². The Morgan fingerprint density at radius 1 is 1.48 bits per heavy atom. The van der Waals surface area contributed by atoms with E-state index < -0.39 is 0 Å². The third-order valence-corrected chi connectivity index (χ3v) is 5.78. The number of hydrazine groups is 1. The van der Waals surface area contributed by atoms with Gasteiger partial charge in [-0.05, 0) is 50.3 Å². The Bertz CT molecular complexity index is 580. The van der Waals surface area contributed by atoms with Gasteiger partial charge in [-0.1, -0.05) is 6.92 Å². The predicted molar refractivity (Wildman–Crippen MR) is 87.3 cm³/mol. The fourth-order valence-electron chi connectivity index (χ4n) is 2.89. The third kappa shape index (κ3) is 3.05. The first kappa shape index (κ1) is 14.8. The molecule has 4 nitrogen and oxygen atoms in total. The highest BCUT2D eigenvalue weighted by atomic mass is 32.1. The highest BCUT2D eigenvalue weighted by molar-refractivity contribution is 7.12. The summed E-state index contributed by atoms with van der Waals surface area (Å²) in [4.78, 5) is 2.90. The van der Waals surface area contributed by atoms with Gasteiger partial charge in [-0.25, -0.2) is 0 Å². The number of aromatic nitrogens is 2. The average Bonchev–Trinajstić information content (AvgIpc) is 3.18. The minimum Gasteiger partial charge on any atom is -0.271 e. The lowest BCUT2D eigenvalue weighted by atomic mass is 10.1. The Labute approximate surface area is 130 Å². The summed E-state index contributed by atoms with van der Waals surface area (Å²) < 4.78 is 2.05. The third-order valence-electron chi connectivity index (χ3n) is 4.43. The van der Waals surface area contributed by atoms with Gasteiger partial charge in [-0.3, -0.25) is 16.0 Å². The first-order valence-corrected chi connectivity index (χ1v) is 8.64. The number of rotatable bonds is 6. The van der Waals surface area contributed by atoms with Gasteiger partial charge in [0.25, 0.3) is 0 Å². The quantitative estimate of drug-likeness (QED) is 0.637. The van der Waals surface area contributed by atoms with E-state index >= 15 is 0 Å². The number of hydrogen-bond donors (Lipinski definition) is 2. The average molecular weight is 304 g/mol. The van der Waals surface area contributed by atoms with E-state index in [1.165, 1.54) is 29.7 Å². The summed E-state index contributed by atoms with van der Waals surface area (Å²) in [7, 11) is 0. The van der Waals surface area contributed by atoms with Gasteiger partial charge in [0.1, 0.15) is 0 Å². The van der Waals surface area contributed by atoms with Crippen molar-refractivity contribution in [3.05, 3.63) is 39.3 Å². The Morgan fingerprint density at radius 3 is 3.05 bits per heavy atom. The van der Waals surface area contributed by atoms with Crippen LogP contribution in [0.15, 0.2) is 18.3 Å². The van der Waals surface area contributed by atoms with Crippen LogP contribution in [0.2, 0.25) is 0 Å². The molecule has 0 amide bonds. The van der Waals surface area contributed by atoms with Gasteiger partial charge in [-0.2, -0.15) is 5.10 Å². The van der Waals surface area contributed by atoms with Crippen molar-refractivity contribution in [1.82, 2.24) is 15.2 Å². The maximum atomic E-state index is 5.79. The Morgan fingerprint density at radius 2 is 2.33 bits per heavy atom. The topological polar surface area (TPSA) is 55.9 Å². The lowest BCUT2D eigenvalue weighted by Gasteiger charge is -2.13. The summed E-state index contributed by atoms with van der Waals surface area (Å²) in [5.74, 6) is 5.79. The minimum absolute atomic E-state index is 0.167. The molecule has 1 aliphatic rings. The van der Waals surface area contributed by atoms with E-state index in [1.54, 1.807) is 4.88 Å². The molecule has 3 N–H and O–H groups in total. The normalized spacial score (nSPS) is 16.9. The number of nitrogens with one attached hydrogen (secondary N) is 1. The fourth-order valence-corrected chi connectivity index (χ4v) is 4.21. The van der Waals surface area contributed by atoms with Gasteiger partial charge in [-0.15, -0.1) is 11.3 Å². The first-order chi connectivity index (χ1) is 10.2. The monoisotopic (exact) mass is 304 g/mol. The lowest BCUT2D eigenvalue weighted by Crippen LogP contribution is -2.29. The van der Waals surface area contributed by atoms with Crippen LogP contribution in [0.3, 0.4) is 0 Å². The maximum Gasteiger partial charge on any atom is 0.0644 e. The Kier molecular flexibility index (Phi) is 4.42. The zero-order valence-corrected chi connectivity index (χ0v) is 13.6. The summed E-state index contributed by atoms with van der Waals surface area (Å²) in [6.45, 7) is 4.38. The molecule has 0 spiro atoms. The Hall–Kier alpha value is -1.17. The zero-order chi connectivity index (χ0) is 14.8. The van der Waals surface area contributed by atoms with Gasteiger partial charge in [0.05, 0.1) is 11.7 Å². The number of aryl methyl sites for hydroxylation is 2. The molecule has 21 heavy (non-hydrogen) atoms. The van der Waals surface area contributed by atoms with Crippen LogP contribution in [-0.4, -0.2) is 9.78 Å². The predicted octanol–water partition coefficient (Wildman–Crippen LogP) is 3.15. The van der Waals surface area contributed by atoms with Crippen LogP contribution in [0.25, 0.3) is 0 Å². The molecule has 2 aromatic rings. The van der Waals surface area contributed by atoms with Gasteiger partial charge >= 0.3 is 0 Å². The van der Waals surface area contributed by atoms with Crippen LogP contribution in [-0.2, 0) is 19.3 Å². The van der Waals surface area contributed by atoms with Gasteiger partial charge in [0.15, 0.2) is 0 Å². The van der Waals surface area contributed by atoms with E-state index in [9.17, 15) is 0 Å². The van der Waals surface area contributed by atoms with Gasteiger partial charge in [0.2, 0.25) is 0 Å². The molecule has 3 rings (SSSR count). The number of fused-ring (bicyclic) bond motifs is 1. The van der Waals surface area contributed by atoms with E-state index in [4.69, 9.17) is 5.84 Å². The molecular weight excluding hydrogens is 280 g/mol. The molecule has 0 aliphatic heterocycles. The second-order valence-electron chi connectivity index (χ2n) is 5.92. The first-order valence-electron chi connectivity index (χ1n) is 7.83. The number of thiophene rings is 1. The summed E-state index contributed by atoms with van der Waals surface area (Å²) in [6, 6.07) is 5.07. The molecule has 0 radical (unpaired) electrons. The Balaban J connectivity index is 1.73. The van der Waals surface area contributed by atoms with Crippen LogP contribution in [0.5, 0.6) is 0 Å². The second-order valence-corrected chi connectivity index (χ2v) is 7.09. The van der Waals surface area contributed by atoms with E-state index in [0.29, 0.717) is 6.04 Å². The highest BCUT2D eigenvalue weighted by Crippen LogP contribution is 2.34. The van der Waals surface area contributed by atoms with Gasteiger partial charge in [0, 0.05) is 28.4 Å². The molecule has 2 atom stereocenters. The van der Waals surface area contributed by atoms with Crippen molar-refractivity contribution in [1.29, 1.82) is 0 Å². The molecular formula is C16H24N4S. The molecule has 0 saturated heterocycles. The molecule has 2 aromatic heterocycles. The minimum atomic E-state index is 0.167. The van der Waals surface area contributed by atoms with E-state index in [0.717, 1.165) is 18.5 Å². The van der Waals surface area contributed by atoms with Crippen LogP contribution in [0.1, 0.15) is 59.8 Å². The van der Waals surface area contributed by atoms with Crippen molar-refractivity contribution in [2.75, 3.05) is 0 Å². The smallest absolute Gasteiger partial charge is 0.0644 e. The zero-order valence-electron chi connectivity index (χ0n) is 12.8. The van der Waals surface area contributed by atoms with Crippen molar-refractivity contribution < 1.29 is 0 Å². The molecule has 0 bridgehead atoms. The molecule has 1 aliphatic carbocycles. The van der Waals surface area contributed by atoms with Crippen LogP contribution >= 0.6 is 11.3 Å². The molecule has 2 unspecified atom stereocenters. The number of nitrogens with two attached hydrogens (primary N) is 1. The number of hydrogen-bond acceptors (Lipinski definition) is 4. The van der Waals surface area contributed by atoms with E-state index in [1.807, 2.05) is 11.3 Å². The maximum absolute atomic E-state index is 5.79. The molecule has 5 heteroatoms. The van der Waals surface area contributed by atoms with Crippen LogP contribution in [0, 0.1) is 0 Å². The molecule has 0 aromatic carbocycles. The van der Waals surface area contributed by atoms with Crippen molar-refractivity contribution in [2.45, 2.75) is 58.0 Å². The summed E-state index contributed by atoms with van der Waals surface area (Å²) in [6.07, 6.45) is 7.79. The largest absolute Gasteiger partial charge is 0.271 e. The standard InChI is InChI=1S/C16H24N4S/c1-3-11(2)20-8-7-13(19-20)10-14(18-17)16-9-12-5-4-6-15(12)21-16/h7-9,11,14,18H,3-6,10,17H2,1-2H3.